The monoisotopic (exact) mass is 234 g/mol. The maximum atomic E-state index is 8.51. The number of fused-ring (bicyclic) bond motifs is 1. The molecule has 0 spiro atoms. The number of nitrogens with zero attached hydrogens (tertiary/aromatic N) is 2. The molecule has 2 rings (SSSR count). The highest BCUT2D eigenvalue weighted by molar-refractivity contribution is 5.73. The van der Waals surface area contributed by atoms with Gasteiger partial charge in [0.05, 0.1) is 37.1 Å². The van der Waals surface area contributed by atoms with Crippen LogP contribution in [0.2, 0.25) is 0 Å². The van der Waals surface area contributed by atoms with E-state index >= 15 is 0 Å². The van der Waals surface area contributed by atoms with Gasteiger partial charge in [0.25, 0.3) is 0 Å². The fourth-order valence-electron chi connectivity index (χ4n) is 1.38. The second-order valence-corrected chi connectivity index (χ2v) is 3.38. The lowest BCUT2D eigenvalue weighted by atomic mass is 10.3. The molecule has 2 aromatic rings. The van der Waals surface area contributed by atoms with Gasteiger partial charge in [-0.3, -0.25) is 0 Å². The third-order valence-electron chi connectivity index (χ3n) is 2.14. The molecule has 0 aliphatic heterocycles. The standard InChI is InChI=1S/C12H14N2O3/c15-5-6-16-7-8-17-12-9-13-10-3-1-2-4-11(10)14-12/h1-4,9,15H,5-8H2. The topological polar surface area (TPSA) is 64.5 Å². The quantitative estimate of drug-likeness (QED) is 0.756. The molecule has 0 amide bonds. The molecule has 0 unspecified atom stereocenters. The molecule has 5 nitrogen and oxygen atoms in total. The maximum Gasteiger partial charge on any atom is 0.232 e. The molecule has 0 aliphatic rings. The van der Waals surface area contributed by atoms with Crippen molar-refractivity contribution in [1.29, 1.82) is 0 Å². The van der Waals surface area contributed by atoms with E-state index in [1.54, 1.807) is 6.20 Å². The maximum absolute atomic E-state index is 8.51. The van der Waals surface area contributed by atoms with E-state index in [2.05, 4.69) is 9.97 Å². The Balaban J connectivity index is 1.90. The van der Waals surface area contributed by atoms with Gasteiger partial charge in [0.15, 0.2) is 0 Å². The van der Waals surface area contributed by atoms with Crippen LogP contribution < -0.4 is 4.74 Å². The van der Waals surface area contributed by atoms with E-state index in [9.17, 15) is 0 Å². The normalized spacial score (nSPS) is 10.6. The number of para-hydroxylation sites is 2. The first-order valence-electron chi connectivity index (χ1n) is 5.43. The number of aliphatic hydroxyl groups excluding tert-OH is 1. The molecule has 1 heterocycles. The summed E-state index contributed by atoms with van der Waals surface area (Å²) in [5.41, 5.74) is 1.65. The van der Waals surface area contributed by atoms with Crippen molar-refractivity contribution in [3.8, 4) is 5.88 Å². The summed E-state index contributed by atoms with van der Waals surface area (Å²) in [6, 6.07) is 7.61. The summed E-state index contributed by atoms with van der Waals surface area (Å²) in [5.74, 6) is 0.483. The van der Waals surface area contributed by atoms with Gasteiger partial charge < -0.3 is 14.6 Å². The molecule has 1 N–H and O–H groups in total. The minimum absolute atomic E-state index is 0.0236. The van der Waals surface area contributed by atoms with Gasteiger partial charge in [0.2, 0.25) is 5.88 Å². The molecule has 17 heavy (non-hydrogen) atoms. The molecular weight excluding hydrogens is 220 g/mol. The predicted molar refractivity (Wildman–Crippen MR) is 62.9 cm³/mol. The van der Waals surface area contributed by atoms with Crippen LogP contribution in [0.3, 0.4) is 0 Å². The average molecular weight is 234 g/mol. The minimum Gasteiger partial charge on any atom is -0.474 e. The fraction of sp³-hybridized carbons (Fsp3) is 0.333. The van der Waals surface area contributed by atoms with Gasteiger partial charge in [-0.15, -0.1) is 0 Å². The van der Waals surface area contributed by atoms with E-state index in [4.69, 9.17) is 14.6 Å². The Hall–Kier alpha value is -1.72. The molecule has 0 saturated heterocycles. The Morgan fingerprint density at radius 2 is 1.88 bits per heavy atom. The van der Waals surface area contributed by atoms with Crippen molar-refractivity contribution in [2.75, 3.05) is 26.4 Å². The number of aliphatic hydroxyl groups is 1. The molecular formula is C12H14N2O3. The van der Waals surface area contributed by atoms with Crippen molar-refractivity contribution in [3.63, 3.8) is 0 Å². The zero-order chi connectivity index (χ0) is 11.9. The Morgan fingerprint density at radius 1 is 1.06 bits per heavy atom. The summed E-state index contributed by atoms with van der Waals surface area (Å²) in [6.45, 7) is 1.17. The molecule has 0 radical (unpaired) electrons. The van der Waals surface area contributed by atoms with Gasteiger partial charge in [-0.25, -0.2) is 9.97 Å². The second-order valence-electron chi connectivity index (χ2n) is 3.38. The van der Waals surface area contributed by atoms with Gasteiger partial charge in [0, 0.05) is 0 Å². The highest BCUT2D eigenvalue weighted by atomic mass is 16.5. The number of hydrogen-bond acceptors (Lipinski definition) is 5. The van der Waals surface area contributed by atoms with Crippen molar-refractivity contribution in [3.05, 3.63) is 30.5 Å². The van der Waals surface area contributed by atoms with Crippen LogP contribution in [0.15, 0.2) is 30.5 Å². The molecule has 0 fully saturated rings. The Labute approximate surface area is 99.0 Å². The van der Waals surface area contributed by atoms with Crippen molar-refractivity contribution in [1.82, 2.24) is 9.97 Å². The summed E-state index contributed by atoms with van der Waals surface area (Å²) in [6.07, 6.45) is 1.59. The lowest BCUT2D eigenvalue weighted by molar-refractivity contribution is 0.0695. The zero-order valence-electron chi connectivity index (χ0n) is 9.37. The molecule has 0 bridgehead atoms. The van der Waals surface area contributed by atoms with Crippen LogP contribution in [0.5, 0.6) is 5.88 Å². The van der Waals surface area contributed by atoms with E-state index in [0.717, 1.165) is 11.0 Å². The number of benzene rings is 1. The van der Waals surface area contributed by atoms with E-state index in [-0.39, 0.29) is 6.61 Å². The minimum atomic E-state index is 0.0236. The number of rotatable bonds is 6. The second kappa shape index (κ2) is 6.12. The van der Waals surface area contributed by atoms with E-state index in [1.807, 2.05) is 24.3 Å². The first-order valence-corrected chi connectivity index (χ1v) is 5.43. The summed E-state index contributed by atoms with van der Waals surface area (Å²) >= 11 is 0. The van der Waals surface area contributed by atoms with Gasteiger partial charge in [-0.2, -0.15) is 0 Å². The Kier molecular flexibility index (Phi) is 4.23. The first kappa shape index (κ1) is 11.8. The number of aromatic nitrogens is 2. The highest BCUT2D eigenvalue weighted by Crippen LogP contribution is 2.12. The lowest BCUT2D eigenvalue weighted by Crippen LogP contribution is -2.09. The van der Waals surface area contributed by atoms with Crippen molar-refractivity contribution in [2.24, 2.45) is 0 Å². The number of ether oxygens (including phenoxy) is 2. The predicted octanol–water partition coefficient (Wildman–Crippen LogP) is 1.02. The van der Waals surface area contributed by atoms with Gasteiger partial charge in [-0.05, 0) is 12.1 Å². The molecule has 0 saturated carbocycles. The molecule has 1 aromatic heterocycles. The van der Waals surface area contributed by atoms with E-state index in [0.29, 0.717) is 25.7 Å². The largest absolute Gasteiger partial charge is 0.474 e. The van der Waals surface area contributed by atoms with Crippen molar-refractivity contribution < 1.29 is 14.6 Å². The summed E-state index contributed by atoms with van der Waals surface area (Å²) in [4.78, 5) is 8.53. The van der Waals surface area contributed by atoms with Crippen molar-refractivity contribution in [2.45, 2.75) is 0 Å². The summed E-state index contributed by atoms with van der Waals surface area (Å²) in [7, 11) is 0. The number of hydrogen-bond donors (Lipinski definition) is 1. The van der Waals surface area contributed by atoms with E-state index < -0.39 is 0 Å². The SMILES string of the molecule is OCCOCCOc1cnc2ccccc2n1. The smallest absolute Gasteiger partial charge is 0.232 e. The molecule has 0 aliphatic carbocycles. The van der Waals surface area contributed by atoms with Crippen LogP contribution in [0.25, 0.3) is 11.0 Å². The van der Waals surface area contributed by atoms with Crippen molar-refractivity contribution >= 4 is 11.0 Å². The van der Waals surface area contributed by atoms with Crippen LogP contribution >= 0.6 is 0 Å². The fourth-order valence-corrected chi connectivity index (χ4v) is 1.38. The van der Waals surface area contributed by atoms with Gasteiger partial charge in [0.1, 0.15) is 6.61 Å². The molecule has 1 aromatic carbocycles. The third kappa shape index (κ3) is 3.37. The van der Waals surface area contributed by atoms with Gasteiger partial charge in [-0.1, -0.05) is 12.1 Å². The van der Waals surface area contributed by atoms with Crippen LogP contribution in [0.1, 0.15) is 0 Å². The lowest BCUT2D eigenvalue weighted by Gasteiger charge is -2.05. The Morgan fingerprint density at radius 3 is 2.71 bits per heavy atom. The first-order chi connectivity index (χ1) is 8.40. The molecule has 90 valence electrons. The third-order valence-corrected chi connectivity index (χ3v) is 2.14. The highest BCUT2D eigenvalue weighted by Gasteiger charge is 1.99. The van der Waals surface area contributed by atoms with E-state index in [1.165, 1.54) is 0 Å². The average Bonchev–Trinajstić information content (AvgIpc) is 2.38. The molecule has 5 heteroatoms. The zero-order valence-corrected chi connectivity index (χ0v) is 9.37. The van der Waals surface area contributed by atoms with Crippen LogP contribution in [0.4, 0.5) is 0 Å². The van der Waals surface area contributed by atoms with Crippen LogP contribution in [0, 0.1) is 0 Å². The van der Waals surface area contributed by atoms with Gasteiger partial charge >= 0.3 is 0 Å². The Bertz CT molecular complexity index is 476. The van der Waals surface area contributed by atoms with Crippen LogP contribution in [-0.2, 0) is 4.74 Å². The van der Waals surface area contributed by atoms with Crippen LogP contribution in [-0.4, -0.2) is 41.5 Å². The summed E-state index contributed by atoms with van der Waals surface area (Å²) < 4.78 is 10.4. The molecule has 0 atom stereocenters. The summed E-state index contributed by atoms with van der Waals surface area (Å²) in [5, 5.41) is 8.51.